The van der Waals surface area contributed by atoms with Gasteiger partial charge in [0.15, 0.2) is 0 Å². The van der Waals surface area contributed by atoms with Crippen molar-refractivity contribution in [2.75, 3.05) is 6.54 Å². The summed E-state index contributed by atoms with van der Waals surface area (Å²) in [4.78, 5) is 0. The van der Waals surface area contributed by atoms with E-state index in [2.05, 4.69) is 0 Å². The van der Waals surface area contributed by atoms with Crippen LogP contribution in [0.3, 0.4) is 0 Å². The predicted octanol–water partition coefficient (Wildman–Crippen LogP) is 2.09. The molecule has 2 unspecified atom stereocenters. The zero-order valence-electron chi connectivity index (χ0n) is 9.24. The second kappa shape index (κ2) is 4.43. The van der Waals surface area contributed by atoms with E-state index < -0.39 is 15.5 Å². The number of hydrogen-bond acceptors (Lipinski definition) is 3. The molecule has 94 valence electrons. The first-order chi connectivity index (χ1) is 7.93. The molecule has 1 saturated carbocycles. The molecule has 1 aromatic carbocycles. The quantitative estimate of drug-likeness (QED) is 0.839. The van der Waals surface area contributed by atoms with Gasteiger partial charge < -0.3 is 5.73 Å². The zero-order valence-corrected chi connectivity index (χ0v) is 11.6. The lowest BCUT2D eigenvalue weighted by Gasteiger charge is -2.15. The molecule has 1 aliphatic rings. The Morgan fingerprint density at radius 1 is 1.41 bits per heavy atom. The lowest BCUT2D eigenvalue weighted by Crippen LogP contribution is -2.18. The van der Waals surface area contributed by atoms with Crippen LogP contribution in [0.15, 0.2) is 12.1 Å². The molecule has 0 aliphatic heterocycles. The SMILES string of the molecule is Cc1cc(Cl)c(Cl)cc1C1([SH](=O)=O)CC1CN. The summed E-state index contributed by atoms with van der Waals surface area (Å²) >= 11 is 11.9. The average Bonchev–Trinajstić information content (AvgIpc) is 2.99. The van der Waals surface area contributed by atoms with Gasteiger partial charge in [0.25, 0.3) is 0 Å². The Morgan fingerprint density at radius 3 is 2.47 bits per heavy atom. The molecule has 1 aromatic rings. The summed E-state index contributed by atoms with van der Waals surface area (Å²) in [6.45, 7) is 2.20. The Bertz CT molecular complexity index is 537. The number of rotatable bonds is 3. The number of hydrogen-bond donors (Lipinski definition) is 2. The number of nitrogens with two attached hydrogens (primary N) is 1. The largest absolute Gasteiger partial charge is 0.330 e. The summed E-state index contributed by atoms with van der Waals surface area (Å²) in [7, 11) is -2.57. The topological polar surface area (TPSA) is 60.2 Å². The fraction of sp³-hybridized carbons (Fsp3) is 0.455. The molecular formula is C11H13Cl2NO2S. The van der Waals surface area contributed by atoms with E-state index in [0.29, 0.717) is 23.0 Å². The minimum atomic E-state index is -2.57. The van der Waals surface area contributed by atoms with Gasteiger partial charge in [0.1, 0.15) is 10.7 Å². The second-order valence-corrected chi connectivity index (χ2v) is 6.53. The smallest absolute Gasteiger partial charge is 0.150 e. The first kappa shape index (κ1) is 13.1. The monoisotopic (exact) mass is 293 g/mol. The molecule has 0 radical (unpaired) electrons. The van der Waals surface area contributed by atoms with Crippen LogP contribution in [0.4, 0.5) is 0 Å². The number of thiol groups is 1. The molecule has 6 heteroatoms. The van der Waals surface area contributed by atoms with Gasteiger partial charge in [-0.05, 0) is 49.1 Å². The van der Waals surface area contributed by atoms with Crippen LogP contribution in [0.5, 0.6) is 0 Å². The van der Waals surface area contributed by atoms with Gasteiger partial charge in [-0.15, -0.1) is 0 Å². The van der Waals surface area contributed by atoms with Crippen molar-refractivity contribution in [3.8, 4) is 0 Å². The van der Waals surface area contributed by atoms with Crippen LogP contribution < -0.4 is 5.73 Å². The van der Waals surface area contributed by atoms with Gasteiger partial charge in [-0.1, -0.05) is 23.2 Å². The van der Waals surface area contributed by atoms with Crippen molar-refractivity contribution in [1.82, 2.24) is 0 Å². The molecule has 3 nitrogen and oxygen atoms in total. The summed E-state index contributed by atoms with van der Waals surface area (Å²) < 4.78 is 22.2. The molecule has 0 heterocycles. The Balaban J connectivity index is 2.57. The fourth-order valence-electron chi connectivity index (χ4n) is 2.36. The highest BCUT2D eigenvalue weighted by Gasteiger charge is 2.58. The predicted molar refractivity (Wildman–Crippen MR) is 70.4 cm³/mol. The number of benzene rings is 1. The van der Waals surface area contributed by atoms with E-state index in [4.69, 9.17) is 28.9 Å². The highest BCUT2D eigenvalue weighted by atomic mass is 35.5. The summed E-state index contributed by atoms with van der Waals surface area (Å²) in [6, 6.07) is 3.35. The minimum absolute atomic E-state index is 0.0143. The van der Waals surface area contributed by atoms with Gasteiger partial charge >= 0.3 is 0 Å². The summed E-state index contributed by atoms with van der Waals surface area (Å²) in [5, 5.41) is 0.820. The fourth-order valence-corrected chi connectivity index (χ4v) is 3.95. The van der Waals surface area contributed by atoms with Gasteiger partial charge in [-0.25, -0.2) is 8.42 Å². The Labute approximate surface area is 112 Å². The molecule has 0 amide bonds. The van der Waals surface area contributed by atoms with E-state index in [0.717, 1.165) is 11.1 Å². The van der Waals surface area contributed by atoms with Crippen LogP contribution >= 0.6 is 23.2 Å². The third-order valence-corrected chi connectivity index (χ3v) is 5.58. The molecule has 0 bridgehead atoms. The summed E-state index contributed by atoms with van der Waals surface area (Å²) in [5.41, 5.74) is 7.15. The van der Waals surface area contributed by atoms with Crippen molar-refractivity contribution in [2.45, 2.75) is 18.1 Å². The van der Waals surface area contributed by atoms with Gasteiger partial charge in [-0.2, -0.15) is 0 Å². The third-order valence-electron chi connectivity index (χ3n) is 3.42. The average molecular weight is 294 g/mol. The number of halogens is 2. The molecule has 2 atom stereocenters. The van der Waals surface area contributed by atoms with E-state index in [-0.39, 0.29) is 5.92 Å². The molecule has 1 fully saturated rings. The lowest BCUT2D eigenvalue weighted by molar-refractivity contribution is 0.591. The summed E-state index contributed by atoms with van der Waals surface area (Å²) in [6.07, 6.45) is 0.570. The van der Waals surface area contributed by atoms with E-state index in [9.17, 15) is 8.42 Å². The molecule has 0 spiro atoms. The normalized spacial score (nSPS) is 27.5. The highest BCUT2D eigenvalue weighted by molar-refractivity contribution is 7.74. The molecule has 2 N–H and O–H groups in total. The van der Waals surface area contributed by atoms with Crippen molar-refractivity contribution in [2.24, 2.45) is 11.7 Å². The molecule has 17 heavy (non-hydrogen) atoms. The van der Waals surface area contributed by atoms with E-state index >= 15 is 0 Å². The van der Waals surface area contributed by atoms with E-state index in [1.165, 1.54) is 0 Å². The zero-order chi connectivity index (χ0) is 12.8. The van der Waals surface area contributed by atoms with Crippen molar-refractivity contribution >= 4 is 33.9 Å². The number of aryl methyl sites for hydroxylation is 1. The van der Waals surface area contributed by atoms with Crippen molar-refractivity contribution in [1.29, 1.82) is 0 Å². The third kappa shape index (κ3) is 1.97. The van der Waals surface area contributed by atoms with Gasteiger partial charge in [-0.3, -0.25) is 0 Å². The molecule has 0 saturated heterocycles. The maximum Gasteiger partial charge on any atom is 0.150 e. The Morgan fingerprint density at radius 2 is 2.00 bits per heavy atom. The van der Waals surface area contributed by atoms with Crippen molar-refractivity contribution < 1.29 is 8.42 Å². The molecule has 0 aromatic heterocycles. The maximum absolute atomic E-state index is 11.5. The minimum Gasteiger partial charge on any atom is -0.330 e. The van der Waals surface area contributed by atoms with Crippen molar-refractivity contribution in [3.05, 3.63) is 33.3 Å². The van der Waals surface area contributed by atoms with Gasteiger partial charge in [0, 0.05) is 0 Å². The van der Waals surface area contributed by atoms with Crippen LogP contribution in [0.1, 0.15) is 17.5 Å². The first-order valence-electron chi connectivity index (χ1n) is 5.24. The van der Waals surface area contributed by atoms with Crippen molar-refractivity contribution in [3.63, 3.8) is 0 Å². The highest BCUT2D eigenvalue weighted by Crippen LogP contribution is 2.56. The summed E-state index contributed by atoms with van der Waals surface area (Å²) in [5.74, 6) is -0.0143. The maximum atomic E-state index is 11.5. The Hall–Kier alpha value is -0.290. The molecule has 2 rings (SSSR count). The van der Waals surface area contributed by atoms with Crippen LogP contribution in [0.25, 0.3) is 0 Å². The van der Waals surface area contributed by atoms with Gasteiger partial charge in [0.05, 0.1) is 14.8 Å². The second-order valence-electron chi connectivity index (χ2n) is 4.40. The van der Waals surface area contributed by atoms with Crippen LogP contribution in [-0.4, -0.2) is 15.0 Å². The van der Waals surface area contributed by atoms with Crippen LogP contribution in [-0.2, 0) is 15.5 Å². The van der Waals surface area contributed by atoms with E-state index in [1.807, 2.05) is 6.92 Å². The molecular weight excluding hydrogens is 281 g/mol. The standard InChI is InChI=1S/C11H13Cl2NO2S/c1-6-2-9(12)10(13)3-8(6)11(17(15)16)4-7(11)5-14/h2-3,7,17H,4-5,14H2,1H3. The van der Waals surface area contributed by atoms with Crippen LogP contribution in [0, 0.1) is 12.8 Å². The first-order valence-corrected chi connectivity index (χ1v) is 7.17. The van der Waals surface area contributed by atoms with Gasteiger partial charge in [0.2, 0.25) is 0 Å². The molecule has 1 aliphatic carbocycles. The van der Waals surface area contributed by atoms with E-state index in [1.54, 1.807) is 12.1 Å². The lowest BCUT2D eigenvalue weighted by atomic mass is 10.0. The van der Waals surface area contributed by atoms with Crippen LogP contribution in [0.2, 0.25) is 10.0 Å². The Kier molecular flexibility index (Phi) is 3.42.